The molecule has 0 spiro atoms. The minimum absolute atomic E-state index is 0.0405. The molecule has 2 aromatic heterocycles. The molecule has 1 saturated carbocycles. The molecule has 1 aromatic carbocycles. The Morgan fingerprint density at radius 3 is 2.45 bits per heavy atom. The van der Waals surface area contributed by atoms with Crippen molar-refractivity contribution in [2.45, 2.75) is 24.9 Å². The van der Waals surface area contributed by atoms with Crippen LogP contribution < -0.4 is 4.90 Å². The van der Waals surface area contributed by atoms with E-state index in [1.54, 1.807) is 12.1 Å². The zero-order valence-electron chi connectivity index (χ0n) is 17.1. The summed E-state index contributed by atoms with van der Waals surface area (Å²) in [5, 5.41) is 9.21. The van der Waals surface area contributed by atoms with Crippen LogP contribution >= 0.6 is 11.6 Å². The van der Waals surface area contributed by atoms with Gasteiger partial charge >= 0.3 is 6.18 Å². The lowest BCUT2D eigenvalue weighted by atomic mass is 10.1. The largest absolute Gasteiger partial charge is 0.508 e. The van der Waals surface area contributed by atoms with E-state index < -0.39 is 23.3 Å². The second-order valence-electron chi connectivity index (χ2n) is 8.19. The van der Waals surface area contributed by atoms with Crippen molar-refractivity contribution >= 4 is 34.7 Å². The summed E-state index contributed by atoms with van der Waals surface area (Å²) in [4.78, 5) is 32.4. The predicted molar refractivity (Wildman–Crippen MR) is 114 cm³/mol. The van der Waals surface area contributed by atoms with E-state index in [1.165, 1.54) is 28.1 Å². The number of aromatic nitrogens is 2. The van der Waals surface area contributed by atoms with Crippen molar-refractivity contribution in [2.24, 2.45) is 0 Å². The number of hydrogen-bond acceptors (Lipinski definition) is 4. The molecule has 3 heterocycles. The fourth-order valence-electron chi connectivity index (χ4n) is 4.02. The molecule has 0 radical (unpaired) electrons. The zero-order valence-corrected chi connectivity index (χ0v) is 17.9. The summed E-state index contributed by atoms with van der Waals surface area (Å²) in [5.41, 5.74) is -0.625. The summed E-state index contributed by atoms with van der Waals surface area (Å²) < 4.78 is 42.2. The van der Waals surface area contributed by atoms with Crippen LogP contribution in [0.4, 0.5) is 18.9 Å². The normalized spacial score (nSPS) is 17.2. The van der Waals surface area contributed by atoms with Crippen molar-refractivity contribution in [3.63, 3.8) is 0 Å². The smallest absolute Gasteiger partial charge is 0.419 e. The molecule has 1 aliphatic heterocycles. The lowest BCUT2D eigenvalue weighted by molar-refractivity contribution is -0.136. The molecule has 1 aliphatic carbocycles. The van der Waals surface area contributed by atoms with E-state index in [-0.39, 0.29) is 48.1 Å². The lowest BCUT2D eigenvalue weighted by Crippen LogP contribution is -2.52. The lowest BCUT2D eigenvalue weighted by Gasteiger charge is -2.34. The van der Waals surface area contributed by atoms with Crippen LogP contribution in [-0.4, -0.2) is 50.8 Å². The average molecular weight is 479 g/mol. The number of aromatic hydroxyl groups is 1. The number of amides is 2. The third-order valence-electron chi connectivity index (χ3n) is 5.91. The standard InChI is InChI=1S/C22H18ClF3N4O3/c23-19-18(27-20-16(22(24,25)26)9-13(10-30(19)20)12-1-2-12)21(33)28-7-8-29(17(32)11-28)14-3-5-15(31)6-4-14/h3-6,9-10,12,31H,1-2,7-8,11H2. The van der Waals surface area contributed by atoms with Gasteiger partial charge in [0.25, 0.3) is 5.91 Å². The number of carbonyl (C=O) groups excluding carboxylic acids is 2. The molecule has 33 heavy (non-hydrogen) atoms. The van der Waals surface area contributed by atoms with Crippen molar-refractivity contribution < 1.29 is 27.9 Å². The number of imidazole rings is 1. The fourth-order valence-corrected chi connectivity index (χ4v) is 4.28. The zero-order chi connectivity index (χ0) is 23.5. The van der Waals surface area contributed by atoms with Crippen LogP contribution in [0.1, 0.15) is 40.4 Å². The predicted octanol–water partition coefficient (Wildman–Crippen LogP) is 4.08. The number of piperazine rings is 1. The van der Waals surface area contributed by atoms with Gasteiger partial charge in [0.05, 0.1) is 5.56 Å². The van der Waals surface area contributed by atoms with Gasteiger partial charge in [-0.05, 0) is 54.7 Å². The number of benzene rings is 1. The number of fused-ring (bicyclic) bond motifs is 1. The summed E-state index contributed by atoms with van der Waals surface area (Å²) in [6.07, 6.45) is -1.56. The van der Waals surface area contributed by atoms with E-state index >= 15 is 0 Å². The van der Waals surface area contributed by atoms with Crippen LogP contribution in [0.15, 0.2) is 36.5 Å². The molecule has 2 aliphatic rings. The summed E-state index contributed by atoms with van der Waals surface area (Å²) >= 11 is 6.33. The first kappa shape index (κ1) is 21.6. The number of carbonyl (C=O) groups is 2. The Labute approximate surface area is 191 Å². The maximum atomic E-state index is 13.7. The fraction of sp³-hybridized carbons (Fsp3) is 0.318. The highest BCUT2D eigenvalue weighted by Crippen LogP contribution is 2.43. The molecule has 7 nitrogen and oxygen atoms in total. The number of pyridine rings is 1. The molecule has 11 heteroatoms. The highest BCUT2D eigenvalue weighted by atomic mass is 35.5. The minimum atomic E-state index is -4.66. The van der Waals surface area contributed by atoms with E-state index in [2.05, 4.69) is 4.98 Å². The Balaban J connectivity index is 1.45. The van der Waals surface area contributed by atoms with Crippen molar-refractivity contribution in [3.05, 3.63) is 58.5 Å². The Hall–Kier alpha value is -3.27. The molecule has 2 amide bonds. The Morgan fingerprint density at radius 2 is 1.85 bits per heavy atom. The number of hydrogen-bond donors (Lipinski definition) is 1. The van der Waals surface area contributed by atoms with Crippen LogP contribution in [-0.2, 0) is 11.0 Å². The highest BCUT2D eigenvalue weighted by molar-refractivity contribution is 6.33. The maximum absolute atomic E-state index is 13.7. The van der Waals surface area contributed by atoms with Crippen molar-refractivity contribution in [2.75, 3.05) is 24.5 Å². The maximum Gasteiger partial charge on any atom is 0.419 e. The van der Waals surface area contributed by atoms with Gasteiger partial charge in [-0.2, -0.15) is 13.2 Å². The monoisotopic (exact) mass is 478 g/mol. The number of anilines is 1. The number of nitrogens with zero attached hydrogens (tertiary/aromatic N) is 4. The van der Waals surface area contributed by atoms with Gasteiger partial charge < -0.3 is 14.9 Å². The van der Waals surface area contributed by atoms with Crippen LogP contribution in [0.2, 0.25) is 5.15 Å². The second kappa shape index (κ2) is 7.65. The Bertz CT molecular complexity index is 1270. The first-order valence-corrected chi connectivity index (χ1v) is 10.7. The van der Waals surface area contributed by atoms with E-state index in [9.17, 15) is 27.9 Å². The highest BCUT2D eigenvalue weighted by Gasteiger charge is 2.38. The van der Waals surface area contributed by atoms with E-state index in [1.807, 2.05) is 0 Å². The molecule has 1 N–H and O–H groups in total. The van der Waals surface area contributed by atoms with E-state index in [4.69, 9.17) is 11.6 Å². The van der Waals surface area contributed by atoms with Gasteiger partial charge in [-0.1, -0.05) is 11.6 Å². The van der Waals surface area contributed by atoms with Gasteiger partial charge in [0.2, 0.25) is 5.91 Å². The number of phenolic OH excluding ortho intramolecular Hbond substituents is 1. The topological polar surface area (TPSA) is 78.2 Å². The molecule has 1 saturated heterocycles. The third kappa shape index (κ3) is 3.88. The minimum Gasteiger partial charge on any atom is -0.508 e. The molecule has 0 atom stereocenters. The molecule has 2 fully saturated rings. The molecular weight excluding hydrogens is 461 g/mol. The SMILES string of the molecule is O=C(c1nc2c(C(F)(F)F)cc(C3CC3)cn2c1Cl)N1CCN(c2ccc(O)cc2)C(=O)C1. The quantitative estimate of drug-likeness (QED) is 0.615. The van der Waals surface area contributed by atoms with Crippen molar-refractivity contribution in [3.8, 4) is 5.75 Å². The van der Waals surface area contributed by atoms with Gasteiger partial charge in [0.15, 0.2) is 11.3 Å². The van der Waals surface area contributed by atoms with Crippen LogP contribution in [0.25, 0.3) is 5.65 Å². The van der Waals surface area contributed by atoms with Gasteiger partial charge in [-0.3, -0.25) is 14.0 Å². The molecule has 0 bridgehead atoms. The van der Waals surface area contributed by atoms with Gasteiger partial charge in [-0.25, -0.2) is 4.98 Å². The number of rotatable bonds is 3. The molecule has 5 rings (SSSR count). The first-order valence-electron chi connectivity index (χ1n) is 10.3. The van der Waals surface area contributed by atoms with Gasteiger partial charge in [-0.15, -0.1) is 0 Å². The third-order valence-corrected chi connectivity index (χ3v) is 6.27. The Morgan fingerprint density at radius 1 is 1.15 bits per heavy atom. The van der Waals surface area contributed by atoms with E-state index in [0.29, 0.717) is 11.3 Å². The number of phenols is 1. The average Bonchev–Trinajstić information content (AvgIpc) is 3.57. The Kier molecular flexibility index (Phi) is 5.00. The molecule has 0 unspecified atom stereocenters. The van der Waals surface area contributed by atoms with Gasteiger partial charge in [0, 0.05) is 25.0 Å². The number of halogens is 4. The molecule has 172 valence electrons. The van der Waals surface area contributed by atoms with Crippen molar-refractivity contribution in [1.29, 1.82) is 0 Å². The molecule has 3 aromatic rings. The summed E-state index contributed by atoms with van der Waals surface area (Å²) in [5.74, 6) is -0.973. The first-order chi connectivity index (χ1) is 15.6. The number of alkyl halides is 3. The van der Waals surface area contributed by atoms with Gasteiger partial charge in [0.1, 0.15) is 17.4 Å². The van der Waals surface area contributed by atoms with Crippen molar-refractivity contribution in [1.82, 2.24) is 14.3 Å². The van der Waals surface area contributed by atoms with Crippen LogP contribution in [0, 0.1) is 0 Å². The summed E-state index contributed by atoms with van der Waals surface area (Å²) in [7, 11) is 0. The summed E-state index contributed by atoms with van der Waals surface area (Å²) in [6.45, 7) is 0.0540. The van der Waals surface area contributed by atoms with E-state index in [0.717, 1.165) is 23.3 Å². The van der Waals surface area contributed by atoms with Crippen LogP contribution in [0.3, 0.4) is 0 Å². The molecular formula is C22H18ClF3N4O3. The van der Waals surface area contributed by atoms with Crippen LogP contribution in [0.5, 0.6) is 5.75 Å². The second-order valence-corrected chi connectivity index (χ2v) is 8.55. The summed E-state index contributed by atoms with van der Waals surface area (Å²) in [6, 6.07) is 7.14.